The van der Waals surface area contributed by atoms with E-state index in [0.717, 1.165) is 57.6 Å². The minimum Gasteiger partial charge on any atom is -0.375 e. The van der Waals surface area contributed by atoms with Gasteiger partial charge in [0.25, 0.3) is 0 Å². The Bertz CT molecular complexity index is 697. The number of rotatable bonds is 6. The lowest BCUT2D eigenvalue weighted by Crippen LogP contribution is -2.53. The number of benzene rings is 1. The lowest BCUT2D eigenvalue weighted by atomic mass is 10.3. The molecule has 0 radical (unpaired) electrons. The maximum atomic E-state index is 4.45. The van der Waals surface area contributed by atoms with E-state index >= 15 is 0 Å². The lowest BCUT2D eigenvalue weighted by molar-refractivity contribution is 0.370. The topological polar surface area (TPSA) is 59.9 Å². The van der Waals surface area contributed by atoms with Crippen LogP contribution in [0.4, 0.5) is 11.6 Å². The summed E-state index contributed by atoms with van der Waals surface area (Å²) in [5.74, 6) is 1.79. The first-order chi connectivity index (χ1) is 13.3. The zero-order chi connectivity index (χ0) is 18.9. The van der Waals surface area contributed by atoms with Gasteiger partial charge in [0, 0.05) is 71.4 Å². The highest BCUT2D eigenvalue weighted by molar-refractivity contribution is 5.80. The van der Waals surface area contributed by atoms with E-state index in [9.17, 15) is 0 Å². The number of para-hydroxylation sites is 1. The van der Waals surface area contributed by atoms with Crippen molar-refractivity contribution >= 4 is 17.6 Å². The van der Waals surface area contributed by atoms with Gasteiger partial charge in [-0.2, -0.15) is 0 Å². The molecular weight excluding hydrogens is 338 g/mol. The molecule has 1 aliphatic rings. The van der Waals surface area contributed by atoms with Crippen LogP contribution in [-0.2, 0) is 0 Å². The first kappa shape index (κ1) is 18.9. The zero-order valence-electron chi connectivity index (χ0n) is 16.3. The molecule has 1 aromatic carbocycles. The van der Waals surface area contributed by atoms with Crippen molar-refractivity contribution in [1.82, 2.24) is 20.2 Å². The molecule has 1 aliphatic heterocycles. The van der Waals surface area contributed by atoms with Gasteiger partial charge >= 0.3 is 0 Å². The Morgan fingerprint density at radius 3 is 2.44 bits per heavy atom. The predicted molar refractivity (Wildman–Crippen MR) is 112 cm³/mol. The summed E-state index contributed by atoms with van der Waals surface area (Å²) in [5, 5.41) is 3.50. The molecule has 27 heavy (non-hydrogen) atoms. The van der Waals surface area contributed by atoms with Crippen LogP contribution in [0.3, 0.4) is 0 Å². The first-order valence-electron chi connectivity index (χ1n) is 9.51. The van der Waals surface area contributed by atoms with Crippen molar-refractivity contribution in [3.63, 3.8) is 0 Å². The van der Waals surface area contributed by atoms with E-state index in [2.05, 4.69) is 66.3 Å². The van der Waals surface area contributed by atoms with Gasteiger partial charge in [-0.1, -0.05) is 18.2 Å². The molecule has 0 saturated carbocycles. The fourth-order valence-corrected chi connectivity index (χ4v) is 3.23. The number of piperazine rings is 1. The summed E-state index contributed by atoms with van der Waals surface area (Å²) in [6.07, 6.45) is 4.64. The quantitative estimate of drug-likeness (QED) is 0.476. The van der Waals surface area contributed by atoms with Crippen molar-refractivity contribution in [2.75, 3.05) is 63.2 Å². The standard InChI is InChI=1S/C20H29N7/c1-21-19(22-12-7-13-25(2)18-8-4-3-5-9-18)26-14-16-27(17-15-26)20-23-10-6-11-24-20/h3-6,8-11H,7,12-17H2,1-2H3,(H,21,22). The SMILES string of the molecule is CN=C(NCCCN(C)c1ccccc1)N1CCN(c2ncccn2)CC1. The monoisotopic (exact) mass is 367 g/mol. The van der Waals surface area contributed by atoms with E-state index < -0.39 is 0 Å². The van der Waals surface area contributed by atoms with E-state index in [0.29, 0.717) is 0 Å². The Morgan fingerprint density at radius 2 is 1.78 bits per heavy atom. The second kappa shape index (κ2) is 9.75. The van der Waals surface area contributed by atoms with Gasteiger partial charge < -0.3 is 20.0 Å². The Kier molecular flexibility index (Phi) is 6.84. The van der Waals surface area contributed by atoms with Gasteiger partial charge in [-0.05, 0) is 24.6 Å². The fourth-order valence-electron chi connectivity index (χ4n) is 3.23. The second-order valence-corrected chi connectivity index (χ2v) is 6.61. The molecule has 7 heteroatoms. The maximum Gasteiger partial charge on any atom is 0.225 e. The van der Waals surface area contributed by atoms with E-state index in [1.54, 1.807) is 12.4 Å². The number of hydrogen-bond donors (Lipinski definition) is 1. The van der Waals surface area contributed by atoms with Gasteiger partial charge in [0.1, 0.15) is 0 Å². The molecular formula is C20H29N7. The molecule has 1 saturated heterocycles. The van der Waals surface area contributed by atoms with E-state index in [1.165, 1.54) is 5.69 Å². The molecule has 144 valence electrons. The zero-order valence-corrected chi connectivity index (χ0v) is 16.3. The predicted octanol–water partition coefficient (Wildman–Crippen LogP) is 1.70. The van der Waals surface area contributed by atoms with Crippen molar-refractivity contribution in [2.45, 2.75) is 6.42 Å². The molecule has 0 aliphatic carbocycles. The van der Waals surface area contributed by atoms with Crippen LogP contribution in [0.25, 0.3) is 0 Å². The Labute approximate surface area is 161 Å². The molecule has 7 nitrogen and oxygen atoms in total. The number of nitrogens with zero attached hydrogens (tertiary/aromatic N) is 6. The highest BCUT2D eigenvalue weighted by atomic mass is 15.4. The number of aliphatic imine (C=N–C) groups is 1. The van der Waals surface area contributed by atoms with Gasteiger partial charge in [0.05, 0.1) is 0 Å². The molecule has 1 N–H and O–H groups in total. The summed E-state index contributed by atoms with van der Waals surface area (Å²) < 4.78 is 0. The van der Waals surface area contributed by atoms with Crippen molar-refractivity contribution in [3.05, 3.63) is 48.8 Å². The van der Waals surface area contributed by atoms with E-state index in [4.69, 9.17) is 0 Å². The molecule has 0 spiro atoms. The first-order valence-corrected chi connectivity index (χ1v) is 9.51. The molecule has 2 aromatic rings. The Balaban J connectivity index is 1.40. The molecule has 0 amide bonds. The van der Waals surface area contributed by atoms with Crippen molar-refractivity contribution in [2.24, 2.45) is 4.99 Å². The Hall–Kier alpha value is -2.83. The van der Waals surface area contributed by atoms with Gasteiger partial charge in [0.2, 0.25) is 5.95 Å². The third-order valence-electron chi connectivity index (χ3n) is 4.78. The minimum atomic E-state index is 0.809. The van der Waals surface area contributed by atoms with Gasteiger partial charge in [-0.15, -0.1) is 0 Å². The third-order valence-corrected chi connectivity index (χ3v) is 4.78. The van der Waals surface area contributed by atoms with Crippen LogP contribution in [0.2, 0.25) is 0 Å². The Morgan fingerprint density at radius 1 is 1.07 bits per heavy atom. The molecule has 0 atom stereocenters. The van der Waals surface area contributed by atoms with Gasteiger partial charge in [-0.3, -0.25) is 4.99 Å². The lowest BCUT2D eigenvalue weighted by Gasteiger charge is -2.36. The summed E-state index contributed by atoms with van der Waals surface area (Å²) in [6, 6.07) is 12.3. The average Bonchev–Trinajstić information content (AvgIpc) is 2.75. The van der Waals surface area contributed by atoms with Crippen molar-refractivity contribution < 1.29 is 0 Å². The highest BCUT2D eigenvalue weighted by Gasteiger charge is 2.20. The number of anilines is 2. The van der Waals surface area contributed by atoms with Gasteiger partial charge in [0.15, 0.2) is 5.96 Å². The normalized spacial score (nSPS) is 15.0. The summed E-state index contributed by atoms with van der Waals surface area (Å²) in [7, 11) is 3.99. The minimum absolute atomic E-state index is 0.809. The fraction of sp³-hybridized carbons (Fsp3) is 0.450. The number of guanidine groups is 1. The van der Waals surface area contributed by atoms with Crippen LogP contribution in [0.15, 0.2) is 53.8 Å². The maximum absolute atomic E-state index is 4.45. The smallest absolute Gasteiger partial charge is 0.225 e. The summed E-state index contributed by atoms with van der Waals surface area (Å²) in [5.41, 5.74) is 1.25. The van der Waals surface area contributed by atoms with Crippen LogP contribution in [-0.4, -0.2) is 74.2 Å². The summed E-state index contributed by atoms with van der Waals surface area (Å²) in [6.45, 7) is 5.56. The number of aromatic nitrogens is 2. The summed E-state index contributed by atoms with van der Waals surface area (Å²) >= 11 is 0. The van der Waals surface area contributed by atoms with Crippen LogP contribution in [0.5, 0.6) is 0 Å². The van der Waals surface area contributed by atoms with E-state index in [-0.39, 0.29) is 0 Å². The molecule has 0 bridgehead atoms. The van der Waals surface area contributed by atoms with Crippen LogP contribution < -0.4 is 15.1 Å². The van der Waals surface area contributed by atoms with Crippen LogP contribution >= 0.6 is 0 Å². The molecule has 3 rings (SSSR count). The average molecular weight is 368 g/mol. The van der Waals surface area contributed by atoms with Crippen LogP contribution in [0.1, 0.15) is 6.42 Å². The largest absolute Gasteiger partial charge is 0.375 e. The van der Waals surface area contributed by atoms with Crippen LogP contribution in [0, 0.1) is 0 Å². The number of nitrogens with one attached hydrogen (secondary N) is 1. The molecule has 2 heterocycles. The molecule has 1 aromatic heterocycles. The third kappa shape index (κ3) is 5.32. The molecule has 1 fully saturated rings. The van der Waals surface area contributed by atoms with Crippen molar-refractivity contribution in [3.8, 4) is 0 Å². The summed E-state index contributed by atoms with van der Waals surface area (Å²) in [4.78, 5) is 19.9. The highest BCUT2D eigenvalue weighted by Crippen LogP contribution is 2.11. The number of hydrogen-bond acceptors (Lipinski definition) is 5. The van der Waals surface area contributed by atoms with Crippen molar-refractivity contribution in [1.29, 1.82) is 0 Å². The molecule has 0 unspecified atom stereocenters. The second-order valence-electron chi connectivity index (χ2n) is 6.61. The van der Waals surface area contributed by atoms with Gasteiger partial charge in [-0.25, -0.2) is 9.97 Å². The van der Waals surface area contributed by atoms with E-state index in [1.807, 2.05) is 19.2 Å².